The maximum Gasteiger partial charge on any atom is 0.147 e. The Morgan fingerprint density at radius 2 is 2.18 bits per heavy atom. The van der Waals surface area contributed by atoms with E-state index in [9.17, 15) is 8.42 Å². The van der Waals surface area contributed by atoms with Gasteiger partial charge in [0.05, 0.1) is 5.75 Å². The van der Waals surface area contributed by atoms with Crippen molar-refractivity contribution in [1.29, 1.82) is 0 Å². The molecule has 1 aliphatic heterocycles. The molecule has 0 aromatic heterocycles. The first kappa shape index (κ1) is 12.2. The van der Waals surface area contributed by atoms with E-state index in [0.29, 0.717) is 6.42 Å². The Morgan fingerprint density at radius 3 is 2.88 bits per heavy atom. The zero-order valence-electron chi connectivity index (χ0n) is 10.0. The van der Waals surface area contributed by atoms with E-state index >= 15 is 0 Å². The molecule has 0 amide bonds. The molecule has 1 heterocycles. The van der Waals surface area contributed by atoms with Crippen molar-refractivity contribution in [2.75, 3.05) is 35.7 Å². The summed E-state index contributed by atoms with van der Waals surface area (Å²) in [6.45, 7) is 1.74. The summed E-state index contributed by atoms with van der Waals surface area (Å²) >= 11 is 0. The van der Waals surface area contributed by atoms with Crippen LogP contribution < -0.4 is 10.6 Å². The van der Waals surface area contributed by atoms with Crippen molar-refractivity contribution >= 4 is 21.2 Å². The van der Waals surface area contributed by atoms with Crippen LogP contribution in [0.5, 0.6) is 0 Å². The molecular formula is C12H18N2O2S. The topological polar surface area (TPSA) is 63.4 Å². The summed E-state index contributed by atoms with van der Waals surface area (Å²) in [4.78, 5) is 2.22. The van der Waals surface area contributed by atoms with Gasteiger partial charge in [0.2, 0.25) is 0 Å². The van der Waals surface area contributed by atoms with Crippen LogP contribution in [-0.2, 0) is 16.3 Å². The van der Waals surface area contributed by atoms with Crippen molar-refractivity contribution in [2.45, 2.75) is 12.8 Å². The van der Waals surface area contributed by atoms with E-state index < -0.39 is 9.84 Å². The first-order chi connectivity index (χ1) is 7.96. The second kappa shape index (κ2) is 4.56. The molecule has 5 heteroatoms. The molecular weight excluding hydrogens is 236 g/mol. The minimum absolute atomic E-state index is 0.251. The normalized spacial score (nSPS) is 15.0. The number of hydrogen-bond donors (Lipinski definition) is 1. The van der Waals surface area contributed by atoms with Crippen LogP contribution in [0.4, 0.5) is 11.4 Å². The van der Waals surface area contributed by atoms with Gasteiger partial charge in [0.1, 0.15) is 9.84 Å². The lowest BCUT2D eigenvalue weighted by Crippen LogP contribution is -2.23. The molecule has 1 aromatic carbocycles. The van der Waals surface area contributed by atoms with Gasteiger partial charge in [0.25, 0.3) is 0 Å². The van der Waals surface area contributed by atoms with Crippen molar-refractivity contribution < 1.29 is 8.42 Å². The molecule has 0 bridgehead atoms. The fourth-order valence-corrected chi connectivity index (χ4v) is 2.87. The van der Waals surface area contributed by atoms with Crippen LogP contribution in [-0.4, -0.2) is 33.5 Å². The fourth-order valence-electron chi connectivity index (χ4n) is 2.21. The Hall–Kier alpha value is -1.23. The highest BCUT2D eigenvalue weighted by atomic mass is 32.2. The molecule has 0 aliphatic carbocycles. The van der Waals surface area contributed by atoms with E-state index in [-0.39, 0.29) is 5.75 Å². The predicted molar refractivity (Wildman–Crippen MR) is 71.1 cm³/mol. The lowest BCUT2D eigenvalue weighted by Gasteiger charge is -2.19. The molecule has 2 rings (SSSR count). The second-order valence-electron chi connectivity index (χ2n) is 4.61. The van der Waals surface area contributed by atoms with Gasteiger partial charge < -0.3 is 10.6 Å². The number of nitrogens with zero attached hydrogens (tertiary/aromatic N) is 1. The number of anilines is 2. The molecule has 1 aromatic rings. The Balaban J connectivity index is 2.00. The summed E-state index contributed by atoms with van der Waals surface area (Å²) in [6.07, 6.45) is 2.98. The highest BCUT2D eigenvalue weighted by molar-refractivity contribution is 7.90. The van der Waals surface area contributed by atoms with E-state index in [1.54, 1.807) is 0 Å². The van der Waals surface area contributed by atoms with Crippen molar-refractivity contribution in [2.24, 2.45) is 0 Å². The van der Waals surface area contributed by atoms with E-state index in [0.717, 1.165) is 25.2 Å². The van der Waals surface area contributed by atoms with Gasteiger partial charge in [-0.3, -0.25) is 0 Å². The highest BCUT2D eigenvalue weighted by Gasteiger charge is 2.18. The first-order valence-corrected chi connectivity index (χ1v) is 7.83. The molecule has 0 atom stereocenters. The summed E-state index contributed by atoms with van der Waals surface area (Å²) in [5.41, 5.74) is 9.00. The standard InChI is InChI=1S/C12H18N2O2S/c1-17(15,16)8-2-6-14-7-5-10-3-4-11(13)9-12(10)14/h3-4,9H,2,5-8,13H2,1H3. The van der Waals surface area contributed by atoms with E-state index in [4.69, 9.17) is 5.73 Å². The van der Waals surface area contributed by atoms with Crippen molar-refractivity contribution in [1.82, 2.24) is 0 Å². The smallest absolute Gasteiger partial charge is 0.147 e. The number of fused-ring (bicyclic) bond motifs is 1. The molecule has 0 unspecified atom stereocenters. The van der Waals surface area contributed by atoms with E-state index in [1.807, 2.05) is 12.1 Å². The minimum atomic E-state index is -2.85. The summed E-state index contributed by atoms with van der Waals surface area (Å²) in [5.74, 6) is 0.251. The van der Waals surface area contributed by atoms with Crippen molar-refractivity contribution in [3.05, 3.63) is 23.8 Å². The largest absolute Gasteiger partial charge is 0.399 e. The maximum atomic E-state index is 11.1. The molecule has 0 spiro atoms. The third-order valence-corrected chi connectivity index (χ3v) is 4.07. The summed E-state index contributed by atoms with van der Waals surface area (Å²) in [6, 6.07) is 5.95. The SMILES string of the molecule is CS(=O)(=O)CCCN1CCc2ccc(N)cc21. The lowest BCUT2D eigenvalue weighted by molar-refractivity contribution is 0.598. The monoisotopic (exact) mass is 254 g/mol. The Kier molecular flexibility index (Phi) is 3.28. The van der Waals surface area contributed by atoms with Crippen LogP contribution in [0.3, 0.4) is 0 Å². The van der Waals surface area contributed by atoms with Gasteiger partial charge in [-0.25, -0.2) is 8.42 Å². The van der Waals surface area contributed by atoms with Gasteiger partial charge in [0, 0.05) is 30.7 Å². The number of hydrogen-bond acceptors (Lipinski definition) is 4. The van der Waals surface area contributed by atoms with Crippen LogP contribution in [0, 0.1) is 0 Å². The summed E-state index contributed by atoms with van der Waals surface area (Å²) in [7, 11) is -2.85. The second-order valence-corrected chi connectivity index (χ2v) is 6.87. The number of sulfone groups is 1. The van der Waals surface area contributed by atoms with Gasteiger partial charge in [-0.1, -0.05) is 6.07 Å². The number of rotatable bonds is 4. The quantitative estimate of drug-likeness (QED) is 0.816. The Bertz CT molecular complexity index is 511. The van der Waals surface area contributed by atoms with Crippen LogP contribution >= 0.6 is 0 Å². The van der Waals surface area contributed by atoms with Gasteiger partial charge in [-0.05, 0) is 30.5 Å². The predicted octanol–water partition coefficient (Wildman–Crippen LogP) is 1.07. The average Bonchev–Trinajstić information content (AvgIpc) is 2.59. The summed E-state index contributed by atoms with van der Waals surface area (Å²) in [5, 5.41) is 0. The Morgan fingerprint density at radius 1 is 1.41 bits per heavy atom. The number of benzene rings is 1. The van der Waals surface area contributed by atoms with Gasteiger partial charge in [-0.15, -0.1) is 0 Å². The summed E-state index contributed by atoms with van der Waals surface area (Å²) < 4.78 is 22.1. The van der Waals surface area contributed by atoms with Gasteiger partial charge >= 0.3 is 0 Å². The third kappa shape index (κ3) is 3.12. The number of nitrogen functional groups attached to an aromatic ring is 1. The minimum Gasteiger partial charge on any atom is -0.399 e. The Labute approximate surface area is 102 Å². The average molecular weight is 254 g/mol. The highest BCUT2D eigenvalue weighted by Crippen LogP contribution is 2.29. The van der Waals surface area contributed by atoms with Crippen molar-refractivity contribution in [3.63, 3.8) is 0 Å². The molecule has 1 aliphatic rings. The molecule has 0 saturated carbocycles. The molecule has 0 fully saturated rings. The van der Waals surface area contributed by atoms with Gasteiger partial charge in [0.15, 0.2) is 0 Å². The maximum absolute atomic E-state index is 11.1. The molecule has 4 nitrogen and oxygen atoms in total. The zero-order valence-corrected chi connectivity index (χ0v) is 10.8. The van der Waals surface area contributed by atoms with E-state index in [1.165, 1.54) is 17.5 Å². The molecule has 17 heavy (non-hydrogen) atoms. The molecule has 2 N–H and O–H groups in total. The molecule has 0 radical (unpaired) electrons. The fraction of sp³-hybridized carbons (Fsp3) is 0.500. The third-order valence-electron chi connectivity index (χ3n) is 3.04. The van der Waals surface area contributed by atoms with E-state index in [2.05, 4.69) is 11.0 Å². The first-order valence-electron chi connectivity index (χ1n) is 5.77. The molecule has 0 saturated heterocycles. The lowest BCUT2D eigenvalue weighted by atomic mass is 10.1. The van der Waals surface area contributed by atoms with Crippen LogP contribution in [0.1, 0.15) is 12.0 Å². The van der Waals surface area contributed by atoms with Crippen LogP contribution in [0.15, 0.2) is 18.2 Å². The van der Waals surface area contributed by atoms with Gasteiger partial charge in [-0.2, -0.15) is 0 Å². The van der Waals surface area contributed by atoms with Crippen molar-refractivity contribution in [3.8, 4) is 0 Å². The molecule has 94 valence electrons. The number of nitrogens with two attached hydrogens (primary N) is 1. The zero-order chi connectivity index (χ0) is 12.5. The van der Waals surface area contributed by atoms with Crippen LogP contribution in [0.25, 0.3) is 0 Å². The van der Waals surface area contributed by atoms with Crippen LogP contribution in [0.2, 0.25) is 0 Å².